The SMILES string of the molecule is CC(C)NC(=O)CCNC(=O)C1(C(N)=S)CCOCC1. The van der Waals surface area contributed by atoms with Crippen LogP contribution in [0.1, 0.15) is 33.1 Å². The van der Waals surface area contributed by atoms with E-state index in [1.165, 1.54) is 0 Å². The third-order valence-electron chi connectivity index (χ3n) is 3.34. The molecule has 2 amide bonds. The molecule has 1 aliphatic heterocycles. The van der Waals surface area contributed by atoms with Crippen LogP contribution >= 0.6 is 12.2 Å². The van der Waals surface area contributed by atoms with Crippen LogP contribution in [0.25, 0.3) is 0 Å². The van der Waals surface area contributed by atoms with Crippen molar-refractivity contribution in [3.8, 4) is 0 Å². The van der Waals surface area contributed by atoms with Gasteiger partial charge in [0, 0.05) is 32.2 Å². The molecule has 0 radical (unpaired) electrons. The average molecular weight is 301 g/mol. The van der Waals surface area contributed by atoms with Crippen LogP contribution in [-0.4, -0.2) is 42.6 Å². The molecule has 0 aromatic carbocycles. The van der Waals surface area contributed by atoms with Crippen molar-refractivity contribution >= 4 is 29.0 Å². The van der Waals surface area contributed by atoms with Crippen molar-refractivity contribution in [1.29, 1.82) is 0 Å². The van der Waals surface area contributed by atoms with E-state index in [0.717, 1.165) is 0 Å². The maximum absolute atomic E-state index is 12.3. The highest BCUT2D eigenvalue weighted by molar-refractivity contribution is 7.80. The lowest BCUT2D eigenvalue weighted by Gasteiger charge is -2.34. The lowest BCUT2D eigenvalue weighted by atomic mass is 9.79. The number of amides is 2. The molecule has 0 aromatic heterocycles. The molecule has 1 heterocycles. The molecule has 0 aromatic rings. The van der Waals surface area contributed by atoms with Gasteiger partial charge in [-0.3, -0.25) is 9.59 Å². The van der Waals surface area contributed by atoms with E-state index in [1.54, 1.807) is 0 Å². The van der Waals surface area contributed by atoms with Gasteiger partial charge in [-0.15, -0.1) is 0 Å². The van der Waals surface area contributed by atoms with Crippen molar-refractivity contribution in [3.63, 3.8) is 0 Å². The second kappa shape index (κ2) is 7.54. The number of nitrogens with two attached hydrogens (primary N) is 1. The first-order valence-corrected chi connectivity index (χ1v) is 7.24. The first-order chi connectivity index (χ1) is 9.38. The standard InChI is InChI=1S/C13H23N3O3S/c1-9(2)16-10(17)3-6-15-12(18)13(11(14)20)4-7-19-8-5-13/h9H,3-8H2,1-2H3,(H2,14,20)(H,15,18)(H,16,17). The number of hydrogen-bond donors (Lipinski definition) is 3. The molecular formula is C13H23N3O3S. The molecule has 20 heavy (non-hydrogen) atoms. The maximum atomic E-state index is 12.3. The van der Waals surface area contributed by atoms with E-state index in [-0.39, 0.29) is 35.8 Å². The number of thiocarbonyl (C=S) groups is 1. The van der Waals surface area contributed by atoms with E-state index in [9.17, 15) is 9.59 Å². The number of hydrogen-bond acceptors (Lipinski definition) is 4. The van der Waals surface area contributed by atoms with E-state index in [1.807, 2.05) is 13.8 Å². The van der Waals surface area contributed by atoms with Crippen LogP contribution in [0, 0.1) is 5.41 Å². The van der Waals surface area contributed by atoms with Crippen LogP contribution in [-0.2, 0) is 14.3 Å². The van der Waals surface area contributed by atoms with Crippen molar-refractivity contribution < 1.29 is 14.3 Å². The third kappa shape index (κ3) is 4.42. The minimum Gasteiger partial charge on any atom is -0.392 e. The van der Waals surface area contributed by atoms with Gasteiger partial charge in [0.25, 0.3) is 0 Å². The van der Waals surface area contributed by atoms with Crippen molar-refractivity contribution in [1.82, 2.24) is 10.6 Å². The van der Waals surface area contributed by atoms with E-state index in [0.29, 0.717) is 26.1 Å². The van der Waals surface area contributed by atoms with Gasteiger partial charge in [-0.25, -0.2) is 0 Å². The second-order valence-electron chi connectivity index (χ2n) is 5.29. The van der Waals surface area contributed by atoms with E-state index in [2.05, 4.69) is 10.6 Å². The summed E-state index contributed by atoms with van der Waals surface area (Å²) in [5, 5.41) is 5.52. The third-order valence-corrected chi connectivity index (χ3v) is 3.73. The second-order valence-corrected chi connectivity index (χ2v) is 5.73. The summed E-state index contributed by atoms with van der Waals surface area (Å²) in [6.07, 6.45) is 1.23. The number of carbonyl (C=O) groups is 2. The Hall–Kier alpha value is -1.21. The zero-order valence-corrected chi connectivity index (χ0v) is 12.8. The minimum atomic E-state index is -0.831. The van der Waals surface area contributed by atoms with Gasteiger partial charge in [-0.1, -0.05) is 12.2 Å². The fourth-order valence-corrected chi connectivity index (χ4v) is 2.45. The normalized spacial score (nSPS) is 17.6. The zero-order chi connectivity index (χ0) is 15.2. The molecule has 6 nitrogen and oxygen atoms in total. The van der Waals surface area contributed by atoms with Gasteiger partial charge in [0.2, 0.25) is 11.8 Å². The van der Waals surface area contributed by atoms with Gasteiger partial charge >= 0.3 is 0 Å². The summed E-state index contributed by atoms with van der Waals surface area (Å²) in [5.41, 5.74) is 4.91. The van der Waals surface area contributed by atoms with E-state index < -0.39 is 5.41 Å². The molecule has 0 saturated carbocycles. The molecule has 1 fully saturated rings. The molecule has 7 heteroatoms. The molecule has 1 saturated heterocycles. The summed E-state index contributed by atoms with van der Waals surface area (Å²) in [5.74, 6) is -0.290. The topological polar surface area (TPSA) is 93.5 Å². The Kier molecular flexibility index (Phi) is 6.35. The highest BCUT2D eigenvalue weighted by Crippen LogP contribution is 2.31. The number of carbonyl (C=O) groups excluding carboxylic acids is 2. The molecule has 1 rings (SSSR count). The number of nitrogens with one attached hydrogen (secondary N) is 2. The summed E-state index contributed by atoms with van der Waals surface area (Å²) in [6, 6.07) is 0.0941. The zero-order valence-electron chi connectivity index (χ0n) is 12.0. The van der Waals surface area contributed by atoms with Gasteiger partial charge < -0.3 is 21.1 Å². The van der Waals surface area contributed by atoms with Crippen LogP contribution in [0.2, 0.25) is 0 Å². The van der Waals surface area contributed by atoms with Gasteiger partial charge in [0.05, 0.1) is 4.99 Å². The Morgan fingerprint density at radius 2 is 1.95 bits per heavy atom. The number of ether oxygens (including phenoxy) is 1. The fraction of sp³-hybridized carbons (Fsp3) is 0.769. The summed E-state index contributed by atoms with van der Waals surface area (Å²) in [6.45, 7) is 5.00. The molecule has 0 atom stereocenters. The molecule has 4 N–H and O–H groups in total. The van der Waals surface area contributed by atoms with Crippen LogP contribution in [0.4, 0.5) is 0 Å². The Bertz CT molecular complexity index is 379. The summed E-state index contributed by atoms with van der Waals surface area (Å²) >= 11 is 5.05. The molecule has 1 aliphatic rings. The van der Waals surface area contributed by atoms with Crippen molar-refractivity contribution in [2.45, 2.75) is 39.2 Å². The van der Waals surface area contributed by atoms with Crippen molar-refractivity contribution in [2.75, 3.05) is 19.8 Å². The molecule has 0 unspecified atom stereocenters. The Labute approximate surface area is 124 Å². The summed E-state index contributed by atoms with van der Waals surface area (Å²) in [7, 11) is 0. The molecular weight excluding hydrogens is 278 g/mol. The van der Waals surface area contributed by atoms with E-state index >= 15 is 0 Å². The van der Waals surface area contributed by atoms with Gasteiger partial charge in [0.1, 0.15) is 5.41 Å². The first kappa shape index (κ1) is 16.8. The molecule has 0 aliphatic carbocycles. The largest absolute Gasteiger partial charge is 0.392 e. The highest BCUT2D eigenvalue weighted by Gasteiger charge is 2.42. The van der Waals surface area contributed by atoms with Gasteiger partial charge in [-0.2, -0.15) is 0 Å². The first-order valence-electron chi connectivity index (χ1n) is 6.84. The molecule has 114 valence electrons. The fourth-order valence-electron chi connectivity index (χ4n) is 2.16. The van der Waals surface area contributed by atoms with Crippen molar-refractivity contribution in [2.24, 2.45) is 11.1 Å². The number of rotatable bonds is 6. The van der Waals surface area contributed by atoms with E-state index in [4.69, 9.17) is 22.7 Å². The van der Waals surface area contributed by atoms with Gasteiger partial charge in [0.15, 0.2) is 0 Å². The monoisotopic (exact) mass is 301 g/mol. The molecule has 0 spiro atoms. The predicted octanol–water partition coefficient (Wildman–Crippen LogP) is 0.100. The lowest BCUT2D eigenvalue weighted by Crippen LogP contribution is -2.52. The highest BCUT2D eigenvalue weighted by atomic mass is 32.1. The Morgan fingerprint density at radius 1 is 1.35 bits per heavy atom. The van der Waals surface area contributed by atoms with Crippen LogP contribution < -0.4 is 16.4 Å². The average Bonchev–Trinajstić information content (AvgIpc) is 2.38. The Morgan fingerprint density at radius 3 is 2.45 bits per heavy atom. The molecule has 0 bridgehead atoms. The minimum absolute atomic E-state index is 0.0864. The van der Waals surface area contributed by atoms with Crippen LogP contribution in [0.3, 0.4) is 0 Å². The quantitative estimate of drug-likeness (QED) is 0.605. The van der Waals surface area contributed by atoms with Gasteiger partial charge in [-0.05, 0) is 26.7 Å². The van der Waals surface area contributed by atoms with Crippen molar-refractivity contribution in [3.05, 3.63) is 0 Å². The lowest BCUT2D eigenvalue weighted by molar-refractivity contribution is -0.131. The van der Waals surface area contributed by atoms with Crippen LogP contribution in [0.5, 0.6) is 0 Å². The summed E-state index contributed by atoms with van der Waals surface area (Å²) in [4.78, 5) is 24.0. The summed E-state index contributed by atoms with van der Waals surface area (Å²) < 4.78 is 5.25. The maximum Gasteiger partial charge on any atom is 0.233 e. The van der Waals surface area contributed by atoms with Crippen LogP contribution in [0.15, 0.2) is 0 Å². The predicted molar refractivity (Wildman–Crippen MR) is 80.2 cm³/mol. The smallest absolute Gasteiger partial charge is 0.233 e. The Balaban J connectivity index is 2.47.